The Morgan fingerprint density at radius 1 is 1.00 bits per heavy atom. The Morgan fingerprint density at radius 2 is 1.66 bits per heavy atom. The molecule has 0 saturated carbocycles. The molecule has 29 heavy (non-hydrogen) atoms. The van der Waals surface area contributed by atoms with E-state index in [0.717, 1.165) is 27.7 Å². The summed E-state index contributed by atoms with van der Waals surface area (Å²) in [6, 6.07) is 3.93. The SMILES string of the molecule is CCOC(=O)N1CCN(C(=O)COC(=O)Cc2coc3cc(C)c(C)cc23)CC1. The standard InChI is InChI=1S/C21H26N2O6/c1-4-27-21(26)23-7-5-22(6-8-23)19(24)13-29-20(25)11-16-12-28-18-10-15(3)14(2)9-17(16)18/h9-10,12H,4-8,11,13H2,1-3H3. The Labute approximate surface area is 169 Å². The summed E-state index contributed by atoms with van der Waals surface area (Å²) < 4.78 is 15.7. The molecular formula is C21H26N2O6. The molecule has 2 amide bonds. The number of carbonyl (C=O) groups is 3. The topological polar surface area (TPSA) is 89.3 Å². The lowest BCUT2D eigenvalue weighted by atomic mass is 10.0. The molecule has 1 fully saturated rings. The van der Waals surface area contributed by atoms with Crippen LogP contribution >= 0.6 is 0 Å². The molecule has 1 aliphatic rings. The van der Waals surface area contributed by atoms with Gasteiger partial charge in [0, 0.05) is 37.1 Å². The number of benzene rings is 1. The van der Waals surface area contributed by atoms with Gasteiger partial charge in [-0.2, -0.15) is 0 Å². The highest BCUT2D eigenvalue weighted by Gasteiger charge is 2.25. The number of fused-ring (bicyclic) bond motifs is 1. The normalized spacial score (nSPS) is 14.2. The molecular weight excluding hydrogens is 376 g/mol. The molecule has 2 heterocycles. The molecule has 0 unspecified atom stereocenters. The predicted octanol–water partition coefficient (Wildman–Crippen LogP) is 2.44. The summed E-state index contributed by atoms with van der Waals surface area (Å²) >= 11 is 0. The predicted molar refractivity (Wildman–Crippen MR) is 106 cm³/mol. The summed E-state index contributed by atoms with van der Waals surface area (Å²) in [5.74, 6) is -0.755. The number of nitrogens with zero attached hydrogens (tertiary/aromatic N) is 2. The molecule has 0 radical (unpaired) electrons. The fourth-order valence-electron chi connectivity index (χ4n) is 3.27. The molecule has 156 valence electrons. The van der Waals surface area contributed by atoms with E-state index in [1.807, 2.05) is 26.0 Å². The summed E-state index contributed by atoms with van der Waals surface area (Å²) in [4.78, 5) is 39.3. The van der Waals surface area contributed by atoms with Crippen LogP contribution in [0.1, 0.15) is 23.6 Å². The Hall–Kier alpha value is -3.03. The monoisotopic (exact) mass is 402 g/mol. The van der Waals surface area contributed by atoms with Gasteiger partial charge in [0.05, 0.1) is 19.3 Å². The van der Waals surface area contributed by atoms with Gasteiger partial charge in [0.15, 0.2) is 6.61 Å². The van der Waals surface area contributed by atoms with Crippen molar-refractivity contribution < 1.29 is 28.3 Å². The molecule has 8 nitrogen and oxygen atoms in total. The highest BCUT2D eigenvalue weighted by Crippen LogP contribution is 2.25. The number of esters is 1. The Kier molecular flexibility index (Phi) is 6.41. The van der Waals surface area contributed by atoms with Crippen LogP contribution in [0.5, 0.6) is 0 Å². The molecule has 3 rings (SSSR count). The van der Waals surface area contributed by atoms with Crippen LogP contribution in [0.3, 0.4) is 0 Å². The van der Waals surface area contributed by atoms with Gasteiger partial charge in [-0.25, -0.2) is 4.79 Å². The second-order valence-electron chi connectivity index (χ2n) is 7.10. The van der Waals surface area contributed by atoms with E-state index in [4.69, 9.17) is 13.9 Å². The first-order valence-electron chi connectivity index (χ1n) is 9.71. The van der Waals surface area contributed by atoms with Crippen LogP contribution in [-0.2, 0) is 25.5 Å². The third-order valence-corrected chi connectivity index (χ3v) is 5.12. The summed E-state index contributed by atoms with van der Waals surface area (Å²) in [5.41, 5.74) is 3.70. The zero-order valence-electron chi connectivity index (χ0n) is 17.0. The number of furan rings is 1. The molecule has 0 aliphatic carbocycles. The second kappa shape index (κ2) is 8.98. The largest absolute Gasteiger partial charge is 0.464 e. The zero-order valence-corrected chi connectivity index (χ0v) is 17.0. The van der Waals surface area contributed by atoms with Crippen molar-refractivity contribution in [2.75, 3.05) is 39.4 Å². The van der Waals surface area contributed by atoms with Crippen LogP contribution < -0.4 is 0 Å². The second-order valence-corrected chi connectivity index (χ2v) is 7.10. The number of ether oxygens (including phenoxy) is 2. The maximum Gasteiger partial charge on any atom is 0.409 e. The van der Waals surface area contributed by atoms with Crippen molar-refractivity contribution in [2.45, 2.75) is 27.2 Å². The van der Waals surface area contributed by atoms with Gasteiger partial charge in [-0.1, -0.05) is 0 Å². The minimum Gasteiger partial charge on any atom is -0.464 e. The number of aryl methyl sites for hydroxylation is 2. The van der Waals surface area contributed by atoms with Gasteiger partial charge in [-0.15, -0.1) is 0 Å². The first kappa shape index (κ1) is 20.7. The molecule has 0 spiro atoms. The molecule has 0 N–H and O–H groups in total. The van der Waals surface area contributed by atoms with Crippen molar-refractivity contribution >= 4 is 28.9 Å². The number of hydrogen-bond donors (Lipinski definition) is 0. The van der Waals surface area contributed by atoms with Crippen LogP contribution in [0.15, 0.2) is 22.8 Å². The van der Waals surface area contributed by atoms with Crippen molar-refractivity contribution in [1.82, 2.24) is 9.80 Å². The maximum absolute atomic E-state index is 12.3. The molecule has 8 heteroatoms. The molecule has 2 aromatic rings. The van der Waals surface area contributed by atoms with Crippen LogP contribution in [0.2, 0.25) is 0 Å². The quantitative estimate of drug-likeness (QED) is 0.714. The average Bonchev–Trinajstić information content (AvgIpc) is 3.08. The summed E-state index contributed by atoms with van der Waals surface area (Å²) in [5, 5.41) is 0.881. The number of rotatable bonds is 5. The Bertz CT molecular complexity index is 911. The molecule has 1 aromatic heterocycles. The van der Waals surface area contributed by atoms with E-state index in [0.29, 0.717) is 32.8 Å². The Balaban J connectivity index is 1.48. The van der Waals surface area contributed by atoms with Gasteiger partial charge in [0.1, 0.15) is 5.58 Å². The van der Waals surface area contributed by atoms with E-state index in [1.165, 1.54) is 0 Å². The third kappa shape index (κ3) is 4.88. The highest BCUT2D eigenvalue weighted by molar-refractivity contribution is 5.87. The van der Waals surface area contributed by atoms with E-state index in [9.17, 15) is 14.4 Å². The van der Waals surface area contributed by atoms with Crippen molar-refractivity contribution in [3.05, 3.63) is 35.1 Å². The summed E-state index contributed by atoms with van der Waals surface area (Å²) in [6.07, 6.45) is 1.23. The fraction of sp³-hybridized carbons (Fsp3) is 0.476. The molecule has 0 bridgehead atoms. The van der Waals surface area contributed by atoms with Gasteiger partial charge in [0.25, 0.3) is 5.91 Å². The number of carbonyl (C=O) groups excluding carboxylic acids is 3. The highest BCUT2D eigenvalue weighted by atomic mass is 16.6. The van der Waals surface area contributed by atoms with Gasteiger partial charge >= 0.3 is 12.1 Å². The van der Waals surface area contributed by atoms with Gasteiger partial charge in [-0.05, 0) is 44.0 Å². The summed E-state index contributed by atoms with van der Waals surface area (Å²) in [6.45, 7) is 7.34. The summed E-state index contributed by atoms with van der Waals surface area (Å²) in [7, 11) is 0. The van der Waals surface area contributed by atoms with Crippen LogP contribution in [-0.4, -0.2) is 67.2 Å². The smallest absolute Gasteiger partial charge is 0.409 e. The first-order chi connectivity index (χ1) is 13.9. The van der Waals surface area contributed by atoms with E-state index in [2.05, 4.69) is 0 Å². The number of amides is 2. The van der Waals surface area contributed by atoms with E-state index in [-0.39, 0.29) is 25.0 Å². The number of piperazine rings is 1. The van der Waals surface area contributed by atoms with E-state index < -0.39 is 5.97 Å². The minimum atomic E-state index is -0.482. The van der Waals surface area contributed by atoms with Crippen LogP contribution in [0.4, 0.5) is 4.79 Å². The third-order valence-electron chi connectivity index (χ3n) is 5.12. The van der Waals surface area contributed by atoms with Crippen molar-refractivity contribution in [1.29, 1.82) is 0 Å². The van der Waals surface area contributed by atoms with E-state index >= 15 is 0 Å². The lowest BCUT2D eigenvalue weighted by Gasteiger charge is -2.33. The van der Waals surface area contributed by atoms with Crippen LogP contribution in [0, 0.1) is 13.8 Å². The maximum atomic E-state index is 12.3. The average molecular weight is 402 g/mol. The van der Waals surface area contributed by atoms with Crippen LogP contribution in [0.25, 0.3) is 11.0 Å². The van der Waals surface area contributed by atoms with Gasteiger partial charge in [0.2, 0.25) is 0 Å². The van der Waals surface area contributed by atoms with Crippen molar-refractivity contribution in [3.8, 4) is 0 Å². The first-order valence-corrected chi connectivity index (χ1v) is 9.71. The lowest BCUT2D eigenvalue weighted by Crippen LogP contribution is -2.51. The number of hydrogen-bond acceptors (Lipinski definition) is 6. The zero-order chi connectivity index (χ0) is 21.0. The van der Waals surface area contributed by atoms with E-state index in [1.54, 1.807) is 23.0 Å². The molecule has 1 saturated heterocycles. The van der Waals surface area contributed by atoms with Crippen molar-refractivity contribution in [2.24, 2.45) is 0 Å². The van der Waals surface area contributed by atoms with Crippen molar-refractivity contribution in [3.63, 3.8) is 0 Å². The fourth-order valence-corrected chi connectivity index (χ4v) is 3.27. The molecule has 0 atom stereocenters. The minimum absolute atomic E-state index is 0.0411. The van der Waals surface area contributed by atoms with Gasteiger partial charge < -0.3 is 23.7 Å². The lowest BCUT2D eigenvalue weighted by molar-refractivity contribution is -0.152. The molecule has 1 aromatic carbocycles. The van der Waals surface area contributed by atoms with Gasteiger partial charge in [-0.3, -0.25) is 9.59 Å². The Morgan fingerprint density at radius 3 is 2.34 bits per heavy atom. The molecule has 1 aliphatic heterocycles.